The summed E-state index contributed by atoms with van der Waals surface area (Å²) in [6, 6.07) is 1.52. The maximum Gasteiger partial charge on any atom is 0.222 e. The molecule has 0 unspecified atom stereocenters. The van der Waals surface area contributed by atoms with Crippen LogP contribution in [0.25, 0.3) is 0 Å². The predicted octanol–water partition coefficient (Wildman–Crippen LogP) is 1.09. The van der Waals surface area contributed by atoms with Gasteiger partial charge < -0.3 is 5.32 Å². The molecular formula is C6H6ClN3O. The summed E-state index contributed by atoms with van der Waals surface area (Å²) in [5.74, 6) is 0.173. The van der Waals surface area contributed by atoms with Crippen molar-refractivity contribution in [3.63, 3.8) is 0 Å². The standard InChI is InChI=1S/C6H6ClN3O/c1-4(11)9-6-2-5(7)3-8-10-6/h2-3H,1H3,(H,9,10,11). The highest BCUT2D eigenvalue weighted by Crippen LogP contribution is 2.09. The van der Waals surface area contributed by atoms with Crippen LogP contribution in [0.15, 0.2) is 12.3 Å². The Hall–Kier alpha value is -1.16. The molecule has 0 saturated carbocycles. The average molecular weight is 172 g/mol. The molecule has 0 spiro atoms. The van der Waals surface area contributed by atoms with Crippen molar-refractivity contribution in [1.29, 1.82) is 0 Å². The topological polar surface area (TPSA) is 54.9 Å². The van der Waals surface area contributed by atoms with Gasteiger partial charge in [0.25, 0.3) is 0 Å². The van der Waals surface area contributed by atoms with Crippen LogP contribution in [0.5, 0.6) is 0 Å². The van der Waals surface area contributed by atoms with Crippen molar-refractivity contribution in [3.05, 3.63) is 17.3 Å². The molecule has 0 saturated heterocycles. The van der Waals surface area contributed by atoms with E-state index < -0.39 is 0 Å². The summed E-state index contributed by atoms with van der Waals surface area (Å²) in [6.07, 6.45) is 1.40. The zero-order valence-electron chi connectivity index (χ0n) is 5.84. The van der Waals surface area contributed by atoms with E-state index in [0.717, 1.165) is 0 Å². The Morgan fingerprint density at radius 2 is 2.45 bits per heavy atom. The molecular weight excluding hydrogens is 166 g/mol. The summed E-state index contributed by atoms with van der Waals surface area (Å²) >= 11 is 5.57. The van der Waals surface area contributed by atoms with Gasteiger partial charge in [-0.15, -0.1) is 5.10 Å². The van der Waals surface area contributed by atoms with Gasteiger partial charge in [-0.3, -0.25) is 4.79 Å². The fraction of sp³-hybridized carbons (Fsp3) is 0.167. The number of carbonyl (C=O) groups is 1. The third-order valence-corrected chi connectivity index (χ3v) is 1.13. The maximum absolute atomic E-state index is 10.5. The molecule has 0 bridgehead atoms. The third kappa shape index (κ3) is 2.51. The van der Waals surface area contributed by atoms with Crippen LogP contribution in [0.2, 0.25) is 5.02 Å². The number of nitrogens with one attached hydrogen (secondary N) is 1. The smallest absolute Gasteiger partial charge is 0.222 e. The highest BCUT2D eigenvalue weighted by molar-refractivity contribution is 6.30. The van der Waals surface area contributed by atoms with E-state index in [4.69, 9.17) is 11.6 Å². The monoisotopic (exact) mass is 171 g/mol. The van der Waals surface area contributed by atoms with Gasteiger partial charge >= 0.3 is 0 Å². The van der Waals surface area contributed by atoms with Gasteiger partial charge in [0.2, 0.25) is 5.91 Å². The first-order valence-electron chi connectivity index (χ1n) is 2.94. The summed E-state index contributed by atoms with van der Waals surface area (Å²) in [6.45, 7) is 1.39. The Labute approximate surface area is 68.6 Å². The van der Waals surface area contributed by atoms with Crippen LogP contribution in [0, 0.1) is 0 Å². The van der Waals surface area contributed by atoms with Crippen molar-refractivity contribution in [2.75, 3.05) is 5.32 Å². The lowest BCUT2D eigenvalue weighted by atomic mass is 10.5. The number of halogens is 1. The molecule has 1 aromatic rings. The number of carbonyl (C=O) groups excluding carboxylic acids is 1. The minimum Gasteiger partial charge on any atom is -0.309 e. The number of hydrogen-bond donors (Lipinski definition) is 1. The summed E-state index contributed by atoms with van der Waals surface area (Å²) in [5.41, 5.74) is 0. The Morgan fingerprint density at radius 3 is 3.00 bits per heavy atom. The molecule has 5 heteroatoms. The van der Waals surface area contributed by atoms with Crippen molar-refractivity contribution in [2.45, 2.75) is 6.92 Å². The van der Waals surface area contributed by atoms with Crippen LogP contribution in [0.4, 0.5) is 5.82 Å². The molecule has 0 fully saturated rings. The van der Waals surface area contributed by atoms with E-state index in [1.54, 1.807) is 0 Å². The minimum absolute atomic E-state index is 0.193. The second kappa shape index (κ2) is 3.30. The van der Waals surface area contributed by atoms with Gasteiger partial charge in [0.1, 0.15) is 0 Å². The van der Waals surface area contributed by atoms with Crippen molar-refractivity contribution >= 4 is 23.3 Å². The SMILES string of the molecule is CC(=O)Nc1cc(Cl)cnn1. The molecule has 1 rings (SSSR count). The first-order chi connectivity index (χ1) is 5.18. The fourth-order valence-electron chi connectivity index (χ4n) is 0.584. The fourth-order valence-corrected chi connectivity index (χ4v) is 0.731. The van der Waals surface area contributed by atoms with Crippen LogP contribution in [0.1, 0.15) is 6.92 Å². The first kappa shape index (κ1) is 7.94. The van der Waals surface area contributed by atoms with Crippen LogP contribution < -0.4 is 5.32 Å². The normalized spacial score (nSPS) is 9.27. The molecule has 58 valence electrons. The molecule has 0 aromatic carbocycles. The quantitative estimate of drug-likeness (QED) is 0.688. The van der Waals surface area contributed by atoms with Crippen molar-refractivity contribution in [3.8, 4) is 0 Å². The molecule has 1 amide bonds. The van der Waals surface area contributed by atoms with Gasteiger partial charge in [-0.25, -0.2) is 0 Å². The maximum atomic E-state index is 10.5. The van der Waals surface area contributed by atoms with Gasteiger partial charge in [0, 0.05) is 13.0 Å². The zero-order chi connectivity index (χ0) is 8.27. The Bertz CT molecular complexity index is 276. The van der Waals surface area contributed by atoms with Crippen LogP contribution in [-0.4, -0.2) is 16.1 Å². The van der Waals surface area contributed by atoms with E-state index in [2.05, 4.69) is 15.5 Å². The van der Waals surface area contributed by atoms with Crippen LogP contribution in [0.3, 0.4) is 0 Å². The minimum atomic E-state index is -0.193. The van der Waals surface area contributed by atoms with Gasteiger partial charge in [0.15, 0.2) is 5.82 Å². The Kier molecular flexibility index (Phi) is 2.38. The van der Waals surface area contributed by atoms with Gasteiger partial charge in [-0.05, 0) is 0 Å². The average Bonchev–Trinajstić information content (AvgIpc) is 1.85. The van der Waals surface area contributed by atoms with Gasteiger partial charge in [-0.2, -0.15) is 5.10 Å². The largest absolute Gasteiger partial charge is 0.309 e. The van der Waals surface area contributed by atoms with Crippen molar-refractivity contribution < 1.29 is 4.79 Å². The molecule has 0 atom stereocenters. The summed E-state index contributed by atoms with van der Waals surface area (Å²) in [4.78, 5) is 10.5. The highest BCUT2D eigenvalue weighted by atomic mass is 35.5. The summed E-state index contributed by atoms with van der Waals surface area (Å²) < 4.78 is 0. The van der Waals surface area contributed by atoms with Crippen molar-refractivity contribution in [2.24, 2.45) is 0 Å². The molecule has 11 heavy (non-hydrogen) atoms. The van der Waals surface area contributed by atoms with Crippen LogP contribution >= 0.6 is 11.6 Å². The first-order valence-corrected chi connectivity index (χ1v) is 3.32. The second-order valence-electron chi connectivity index (χ2n) is 1.94. The van der Waals surface area contributed by atoms with Gasteiger partial charge in [0.05, 0.1) is 11.2 Å². The number of anilines is 1. The Balaban J connectivity index is 2.79. The molecule has 1 N–H and O–H groups in total. The lowest BCUT2D eigenvalue weighted by Crippen LogP contribution is -2.07. The lowest BCUT2D eigenvalue weighted by molar-refractivity contribution is -0.114. The number of hydrogen-bond acceptors (Lipinski definition) is 3. The molecule has 0 aliphatic carbocycles. The molecule has 1 heterocycles. The van der Waals surface area contributed by atoms with E-state index in [-0.39, 0.29) is 5.91 Å². The number of aromatic nitrogens is 2. The number of rotatable bonds is 1. The third-order valence-electron chi connectivity index (χ3n) is 0.925. The lowest BCUT2D eigenvalue weighted by Gasteiger charge is -1.97. The number of nitrogens with zero attached hydrogens (tertiary/aromatic N) is 2. The van der Waals surface area contributed by atoms with E-state index in [1.807, 2.05) is 0 Å². The summed E-state index contributed by atoms with van der Waals surface area (Å²) in [5, 5.41) is 10.1. The molecule has 4 nitrogen and oxygen atoms in total. The Morgan fingerprint density at radius 1 is 1.73 bits per heavy atom. The second-order valence-corrected chi connectivity index (χ2v) is 2.38. The van der Waals surface area contributed by atoms with E-state index >= 15 is 0 Å². The molecule has 0 aliphatic rings. The van der Waals surface area contributed by atoms with E-state index in [0.29, 0.717) is 10.8 Å². The molecule has 0 aliphatic heterocycles. The van der Waals surface area contributed by atoms with Crippen LogP contribution in [-0.2, 0) is 4.79 Å². The summed E-state index contributed by atoms with van der Waals surface area (Å²) in [7, 11) is 0. The number of amides is 1. The molecule has 0 radical (unpaired) electrons. The van der Waals surface area contributed by atoms with E-state index in [1.165, 1.54) is 19.2 Å². The highest BCUT2D eigenvalue weighted by Gasteiger charge is 1.96. The van der Waals surface area contributed by atoms with E-state index in [9.17, 15) is 4.79 Å². The zero-order valence-corrected chi connectivity index (χ0v) is 6.59. The van der Waals surface area contributed by atoms with Crippen molar-refractivity contribution in [1.82, 2.24) is 10.2 Å². The predicted molar refractivity (Wildman–Crippen MR) is 41.3 cm³/mol. The van der Waals surface area contributed by atoms with Gasteiger partial charge in [-0.1, -0.05) is 11.6 Å². The molecule has 1 aromatic heterocycles.